The zero-order valence-electron chi connectivity index (χ0n) is 14.7. The predicted molar refractivity (Wildman–Crippen MR) is 104 cm³/mol. The van der Waals surface area contributed by atoms with Crippen molar-refractivity contribution in [1.29, 1.82) is 0 Å². The summed E-state index contributed by atoms with van der Waals surface area (Å²) in [5.41, 5.74) is 2.44. The summed E-state index contributed by atoms with van der Waals surface area (Å²) in [4.78, 5) is 6.42. The number of benzene rings is 2. The van der Waals surface area contributed by atoms with E-state index in [0.29, 0.717) is 6.54 Å². The molecule has 1 atom stereocenters. The fourth-order valence-corrected chi connectivity index (χ4v) is 5.11. The van der Waals surface area contributed by atoms with E-state index in [2.05, 4.69) is 53.4 Å². The van der Waals surface area contributed by atoms with Crippen molar-refractivity contribution in [2.24, 2.45) is 0 Å². The molecule has 2 aliphatic rings. The van der Waals surface area contributed by atoms with Crippen molar-refractivity contribution in [2.45, 2.75) is 41.6 Å². The van der Waals surface area contributed by atoms with Gasteiger partial charge in [0.05, 0.1) is 31.0 Å². The number of aliphatic hydroxyl groups is 1. The number of quaternary nitrogens is 1. The van der Waals surface area contributed by atoms with Gasteiger partial charge in [0.15, 0.2) is 0 Å². The molecule has 0 aromatic heterocycles. The topological polar surface area (TPSA) is 27.9 Å². The molecule has 2 N–H and O–H groups in total. The Hall–Kier alpha value is -1.49. The molecule has 1 saturated heterocycles. The number of likely N-dealkylation sites (tertiary alicyclic amines) is 1. The van der Waals surface area contributed by atoms with E-state index in [1.54, 1.807) is 4.90 Å². The summed E-state index contributed by atoms with van der Waals surface area (Å²) in [5, 5.41) is 10.8. The highest BCUT2D eigenvalue weighted by molar-refractivity contribution is 7.99. The minimum absolute atomic E-state index is 0.308. The maximum atomic E-state index is 10.8. The largest absolute Gasteiger partial charge is 0.385 e. The van der Waals surface area contributed by atoms with Gasteiger partial charge in [-0.25, -0.2) is 0 Å². The number of para-hydroxylation sites is 2. The number of fused-ring (bicyclic) bond motifs is 2. The van der Waals surface area contributed by atoms with E-state index >= 15 is 0 Å². The average molecular weight is 356 g/mol. The molecule has 0 aliphatic carbocycles. The van der Waals surface area contributed by atoms with Crippen LogP contribution in [0.2, 0.25) is 0 Å². The van der Waals surface area contributed by atoms with Crippen LogP contribution in [0.25, 0.3) is 0 Å². The Balaban J connectivity index is 1.53. The number of rotatable bonds is 4. The maximum Gasteiger partial charge on any atom is 0.121 e. The van der Waals surface area contributed by atoms with Gasteiger partial charge in [0.25, 0.3) is 0 Å². The van der Waals surface area contributed by atoms with E-state index in [-0.39, 0.29) is 6.10 Å². The first-order valence-corrected chi connectivity index (χ1v) is 10.3. The second kappa shape index (κ2) is 7.81. The zero-order valence-corrected chi connectivity index (χ0v) is 15.5. The standard InChI is InChI=1S/C21H26N2OS/c24-17(15-22-13-7-1-2-8-14-22)16-23-18-9-3-5-11-20(18)25-21-12-6-4-10-19(21)23/h3-6,9-12,17,24H,1-2,7-8,13-16H2/p+1/t17-/m0/s1. The molecule has 1 fully saturated rings. The molecule has 2 aliphatic heterocycles. The Morgan fingerprint density at radius 2 is 1.44 bits per heavy atom. The third kappa shape index (κ3) is 3.86. The fraction of sp³-hybridized carbons (Fsp3) is 0.429. The quantitative estimate of drug-likeness (QED) is 0.883. The number of aliphatic hydroxyl groups excluding tert-OH is 1. The normalized spacial score (nSPS) is 19.0. The first-order chi connectivity index (χ1) is 12.3. The van der Waals surface area contributed by atoms with E-state index < -0.39 is 0 Å². The third-order valence-electron chi connectivity index (χ3n) is 5.26. The molecule has 25 heavy (non-hydrogen) atoms. The molecular weight excluding hydrogens is 328 g/mol. The van der Waals surface area contributed by atoms with E-state index in [0.717, 1.165) is 6.54 Å². The lowest BCUT2D eigenvalue weighted by molar-refractivity contribution is -0.902. The summed E-state index contributed by atoms with van der Waals surface area (Å²) in [6, 6.07) is 17.1. The van der Waals surface area contributed by atoms with Crippen LogP contribution in [0.5, 0.6) is 0 Å². The van der Waals surface area contributed by atoms with Crippen molar-refractivity contribution in [1.82, 2.24) is 0 Å². The molecule has 2 heterocycles. The number of nitrogens with one attached hydrogen (secondary N) is 1. The molecule has 0 radical (unpaired) electrons. The van der Waals surface area contributed by atoms with Crippen LogP contribution in [0.15, 0.2) is 58.3 Å². The molecule has 3 nitrogen and oxygen atoms in total. The van der Waals surface area contributed by atoms with Crippen LogP contribution in [0.1, 0.15) is 25.7 Å². The van der Waals surface area contributed by atoms with Gasteiger partial charge >= 0.3 is 0 Å². The molecule has 4 heteroatoms. The second-order valence-corrected chi connectivity index (χ2v) is 8.25. The van der Waals surface area contributed by atoms with E-state index in [1.807, 2.05) is 11.8 Å². The Morgan fingerprint density at radius 1 is 0.880 bits per heavy atom. The van der Waals surface area contributed by atoms with E-state index in [1.165, 1.54) is 59.9 Å². The van der Waals surface area contributed by atoms with E-state index in [4.69, 9.17) is 0 Å². The molecule has 0 unspecified atom stereocenters. The van der Waals surface area contributed by atoms with E-state index in [9.17, 15) is 5.11 Å². The van der Waals surface area contributed by atoms with Crippen LogP contribution in [0.4, 0.5) is 11.4 Å². The SMILES string of the molecule is O[C@H](CN1c2ccccc2Sc2ccccc21)C[NH+]1CCCCCC1. The van der Waals surface area contributed by atoms with Gasteiger partial charge < -0.3 is 14.9 Å². The number of hydrogen-bond donors (Lipinski definition) is 2. The number of β-amino-alcohol motifs (C(OH)–C–C–N with tert-alkyl or cyclic N) is 1. The Morgan fingerprint density at radius 3 is 2.04 bits per heavy atom. The highest BCUT2D eigenvalue weighted by Crippen LogP contribution is 2.47. The van der Waals surface area contributed by atoms with Crippen molar-refractivity contribution in [3.8, 4) is 0 Å². The smallest absolute Gasteiger partial charge is 0.121 e. The van der Waals surface area contributed by atoms with Crippen LogP contribution in [-0.2, 0) is 0 Å². The highest BCUT2D eigenvalue weighted by atomic mass is 32.2. The molecule has 2 aromatic carbocycles. The molecule has 0 saturated carbocycles. The highest BCUT2D eigenvalue weighted by Gasteiger charge is 2.26. The predicted octanol–water partition coefficient (Wildman–Crippen LogP) is 3.11. The third-order valence-corrected chi connectivity index (χ3v) is 6.39. The summed E-state index contributed by atoms with van der Waals surface area (Å²) in [6.07, 6.45) is 4.99. The summed E-state index contributed by atoms with van der Waals surface area (Å²) in [6.45, 7) is 3.94. The van der Waals surface area contributed by atoms with Crippen molar-refractivity contribution in [3.63, 3.8) is 0 Å². The van der Waals surface area contributed by atoms with Crippen LogP contribution in [0, 0.1) is 0 Å². The minimum atomic E-state index is -0.308. The fourth-order valence-electron chi connectivity index (χ4n) is 4.02. The monoisotopic (exact) mass is 355 g/mol. The summed E-state index contributed by atoms with van der Waals surface area (Å²) >= 11 is 1.82. The first kappa shape index (κ1) is 17.0. The van der Waals surface area contributed by atoms with Crippen LogP contribution >= 0.6 is 11.8 Å². The number of hydrogen-bond acceptors (Lipinski definition) is 3. The summed E-state index contributed by atoms with van der Waals surface area (Å²) in [5.74, 6) is 0. The van der Waals surface area contributed by atoms with Crippen LogP contribution in [0.3, 0.4) is 0 Å². The molecule has 2 aromatic rings. The molecular formula is C21H27N2OS+. The van der Waals surface area contributed by atoms with Gasteiger partial charge in [-0.1, -0.05) is 36.0 Å². The number of nitrogens with zero attached hydrogens (tertiary/aromatic N) is 1. The molecule has 4 rings (SSSR count). The Bertz CT molecular complexity index is 667. The van der Waals surface area contributed by atoms with Crippen molar-refractivity contribution in [2.75, 3.05) is 31.1 Å². The molecule has 0 amide bonds. The summed E-state index contributed by atoms with van der Waals surface area (Å²) < 4.78 is 0. The summed E-state index contributed by atoms with van der Waals surface area (Å²) in [7, 11) is 0. The molecule has 0 spiro atoms. The van der Waals surface area contributed by atoms with Crippen molar-refractivity contribution < 1.29 is 10.0 Å². The van der Waals surface area contributed by atoms with Crippen LogP contribution in [-0.4, -0.2) is 37.4 Å². The lowest BCUT2D eigenvalue weighted by Crippen LogP contribution is -3.13. The molecule has 0 bridgehead atoms. The van der Waals surface area contributed by atoms with Gasteiger partial charge in [-0.15, -0.1) is 0 Å². The second-order valence-electron chi connectivity index (χ2n) is 7.17. The van der Waals surface area contributed by atoms with Gasteiger partial charge in [-0.05, 0) is 49.9 Å². The Labute approximate surface area is 154 Å². The lowest BCUT2D eigenvalue weighted by atomic mass is 10.2. The lowest BCUT2D eigenvalue weighted by Gasteiger charge is -2.34. The van der Waals surface area contributed by atoms with Gasteiger partial charge in [0.2, 0.25) is 0 Å². The van der Waals surface area contributed by atoms with Gasteiger partial charge in [0.1, 0.15) is 12.6 Å². The van der Waals surface area contributed by atoms with Crippen molar-refractivity contribution >= 4 is 23.1 Å². The van der Waals surface area contributed by atoms with Crippen LogP contribution < -0.4 is 9.80 Å². The first-order valence-electron chi connectivity index (χ1n) is 9.46. The maximum absolute atomic E-state index is 10.8. The van der Waals surface area contributed by atoms with Gasteiger partial charge in [-0.2, -0.15) is 0 Å². The average Bonchev–Trinajstić information content (AvgIpc) is 2.90. The number of anilines is 2. The minimum Gasteiger partial charge on any atom is -0.385 e. The van der Waals surface area contributed by atoms with Gasteiger partial charge in [-0.3, -0.25) is 0 Å². The molecule has 132 valence electrons. The van der Waals surface area contributed by atoms with Gasteiger partial charge in [0, 0.05) is 9.79 Å². The zero-order chi connectivity index (χ0) is 17.1. The van der Waals surface area contributed by atoms with Crippen molar-refractivity contribution in [3.05, 3.63) is 48.5 Å². The Kier molecular flexibility index (Phi) is 5.30.